The van der Waals surface area contributed by atoms with Crippen molar-refractivity contribution < 1.29 is 181 Å². The predicted octanol–water partition coefficient (Wildman–Crippen LogP) is -9.82. The van der Waals surface area contributed by atoms with Crippen molar-refractivity contribution in [3.63, 3.8) is 0 Å². The molecule has 0 spiro atoms. The lowest BCUT2D eigenvalue weighted by atomic mass is 10.2. The van der Waals surface area contributed by atoms with Crippen molar-refractivity contribution in [2.45, 2.75) is 81.8 Å². The molecule has 0 aromatic rings. The second-order valence-electron chi connectivity index (χ2n) is 14.1. The van der Waals surface area contributed by atoms with Gasteiger partial charge in [-0.25, -0.2) is 28.8 Å². The molecule has 0 saturated heterocycles. The van der Waals surface area contributed by atoms with Gasteiger partial charge >= 0.3 is 35.8 Å². The van der Waals surface area contributed by atoms with Crippen LogP contribution in [0.1, 0.15) is 20.8 Å². The van der Waals surface area contributed by atoms with Crippen LogP contribution >= 0.6 is 0 Å². The number of aliphatic hydroxyl groups is 22. The molecule has 0 fully saturated rings. The van der Waals surface area contributed by atoms with Crippen molar-refractivity contribution in [1.82, 2.24) is 0 Å². The maximum absolute atomic E-state index is 9.60. The third kappa shape index (κ3) is 120. The lowest BCUT2D eigenvalue weighted by molar-refractivity contribution is -0.133. The van der Waals surface area contributed by atoms with Crippen molar-refractivity contribution in [1.29, 1.82) is 0 Å². The van der Waals surface area contributed by atoms with Gasteiger partial charge in [-0.2, -0.15) is 0 Å². The summed E-state index contributed by atoms with van der Waals surface area (Å²) in [6.07, 6.45) is -9.72. The van der Waals surface area contributed by atoms with E-state index in [2.05, 4.69) is 39.5 Å². The van der Waals surface area contributed by atoms with Crippen LogP contribution in [0.5, 0.6) is 0 Å². The lowest BCUT2D eigenvalue weighted by Gasteiger charge is -2.10. The molecule has 0 rings (SSSR count). The SMILES string of the molecule is C=C(C)C(=O)O.C=C(C)C(=O)O.C=C(C)C(=O)O.C=CC(=O)O.C=CC(=O)O.C=CC(=O)O.OCCOCCOCCO.OC[C@@H](O)[C@@H](O)CO.OC[C@@H](O)[C@@H](O)CO.OC[C@@H](O)[C@@H](O)CO.OC[C@@H](O)[C@@H](O)CO.OC[C@@H](O)[C@@H](O)CO. The predicted molar refractivity (Wildman–Crippen MR) is 288 cm³/mol. The zero-order valence-electron chi connectivity index (χ0n) is 46.3. The Labute approximate surface area is 478 Å². The molecule has 28 N–H and O–H groups in total. The second kappa shape index (κ2) is 82.8. The van der Waals surface area contributed by atoms with E-state index in [1.54, 1.807) is 0 Å². The molecule has 0 aliphatic carbocycles. The Hall–Kier alpha value is -5.70. The summed E-state index contributed by atoms with van der Waals surface area (Å²) >= 11 is 0. The third-order valence-corrected chi connectivity index (χ3v) is 6.55. The molecule has 0 aliphatic heterocycles. The monoisotopic (exact) mass is 1230 g/mol. The average Bonchev–Trinajstić information content (AvgIpc) is 3.47. The number of carboxylic acids is 6. The van der Waals surface area contributed by atoms with Crippen LogP contribution in [-0.4, -0.2) is 346 Å². The fraction of sp³-hybridized carbons (Fsp3) is 0.617. The van der Waals surface area contributed by atoms with E-state index in [9.17, 15) is 28.8 Å². The fourth-order valence-corrected chi connectivity index (χ4v) is 1.67. The molecule has 0 bridgehead atoms. The Balaban J connectivity index is -0.0000000666. The van der Waals surface area contributed by atoms with E-state index in [1.807, 2.05) is 0 Å². The van der Waals surface area contributed by atoms with Crippen molar-refractivity contribution in [2.75, 3.05) is 106 Å². The molecule has 0 radical (unpaired) electrons. The molecule has 0 saturated carbocycles. The Kier molecular flexibility index (Phi) is 105. The summed E-state index contributed by atoms with van der Waals surface area (Å²) in [6, 6.07) is 0. The van der Waals surface area contributed by atoms with Gasteiger partial charge in [0.15, 0.2) is 0 Å². The second-order valence-corrected chi connectivity index (χ2v) is 14.1. The molecule has 36 nitrogen and oxygen atoms in total. The Morgan fingerprint density at radius 3 is 0.446 bits per heavy atom. The number of hydrogen-bond donors (Lipinski definition) is 28. The number of aliphatic carboxylic acids is 6. The van der Waals surface area contributed by atoms with E-state index in [0.29, 0.717) is 26.4 Å². The summed E-state index contributed by atoms with van der Waals surface area (Å²) in [5.41, 5.74) is 0.528. The molecule has 83 heavy (non-hydrogen) atoms. The van der Waals surface area contributed by atoms with Crippen LogP contribution in [0, 0.1) is 0 Å². The molecule has 0 amide bonds. The van der Waals surface area contributed by atoms with Crippen molar-refractivity contribution >= 4 is 35.8 Å². The number of rotatable bonds is 28. The van der Waals surface area contributed by atoms with Gasteiger partial charge < -0.3 is 152 Å². The minimum atomic E-state index is -1.22. The van der Waals surface area contributed by atoms with Crippen LogP contribution in [0.3, 0.4) is 0 Å². The van der Waals surface area contributed by atoms with E-state index < -0.39 is 163 Å². The first kappa shape index (κ1) is 106. The Morgan fingerprint density at radius 1 is 0.301 bits per heavy atom. The highest BCUT2D eigenvalue weighted by Gasteiger charge is 2.15. The first-order chi connectivity index (χ1) is 38.2. The third-order valence-electron chi connectivity index (χ3n) is 6.55. The van der Waals surface area contributed by atoms with Gasteiger partial charge in [-0.15, -0.1) is 0 Å². The summed E-state index contributed by atoms with van der Waals surface area (Å²) in [7, 11) is 0. The van der Waals surface area contributed by atoms with Crippen LogP contribution in [0.2, 0.25) is 0 Å². The topological polar surface area (TPSA) is 687 Å². The number of carboxylic acid groups (broad SMARTS) is 6. The normalized spacial score (nSPS) is 12.7. The first-order valence-electron chi connectivity index (χ1n) is 22.7. The quantitative estimate of drug-likeness (QED) is 0.0255. The average molecular weight is 1240 g/mol. The highest BCUT2D eigenvalue weighted by atomic mass is 16.5. The van der Waals surface area contributed by atoms with Crippen LogP contribution in [0.15, 0.2) is 74.4 Å². The molecule has 0 aliphatic rings. The Bertz CT molecular complexity index is 1270. The van der Waals surface area contributed by atoms with Gasteiger partial charge in [0.25, 0.3) is 0 Å². The zero-order valence-corrected chi connectivity index (χ0v) is 46.3. The number of hydrogen-bond acceptors (Lipinski definition) is 30. The first-order valence-corrected chi connectivity index (χ1v) is 22.7. The molecule has 0 unspecified atom stereocenters. The van der Waals surface area contributed by atoms with Crippen LogP contribution in [0.25, 0.3) is 0 Å². The van der Waals surface area contributed by atoms with Gasteiger partial charge in [-0.1, -0.05) is 39.5 Å². The molecule has 0 aromatic heterocycles. The summed E-state index contributed by atoms with van der Waals surface area (Å²) in [6.45, 7) is 19.2. The number of carbonyl (C=O) groups is 6. The van der Waals surface area contributed by atoms with Crippen molar-refractivity contribution in [3.05, 3.63) is 74.4 Å². The zero-order chi connectivity index (χ0) is 68.8. The molecule has 498 valence electrons. The number of aliphatic hydroxyl groups excluding tert-OH is 22. The molecule has 0 heterocycles. The molecular weight excluding hydrogens is 1140 g/mol. The van der Waals surface area contributed by atoms with Gasteiger partial charge in [0.2, 0.25) is 0 Å². The van der Waals surface area contributed by atoms with Gasteiger partial charge in [-0.05, 0) is 20.8 Å². The molecule has 0 aromatic carbocycles. The Morgan fingerprint density at radius 2 is 0.398 bits per heavy atom. The highest BCUT2D eigenvalue weighted by molar-refractivity contribution is 5.85. The minimum Gasteiger partial charge on any atom is -0.478 e. The van der Waals surface area contributed by atoms with Gasteiger partial charge in [0.1, 0.15) is 61.0 Å². The van der Waals surface area contributed by atoms with Crippen LogP contribution in [0.4, 0.5) is 0 Å². The van der Waals surface area contributed by atoms with Gasteiger partial charge in [0.05, 0.1) is 106 Å². The summed E-state index contributed by atoms with van der Waals surface area (Å²) in [5.74, 6) is -5.75. The number of ether oxygens (including phenoxy) is 2. The van der Waals surface area contributed by atoms with Crippen molar-refractivity contribution in [3.8, 4) is 0 Å². The lowest BCUT2D eigenvalue weighted by Crippen LogP contribution is -2.31. The van der Waals surface area contributed by atoms with E-state index in [4.69, 9.17) is 152 Å². The summed E-state index contributed by atoms with van der Waals surface area (Å²) in [4.78, 5) is 56.5. The summed E-state index contributed by atoms with van der Waals surface area (Å²) in [5, 5.41) is 229. The van der Waals surface area contributed by atoms with Crippen LogP contribution in [-0.2, 0) is 38.2 Å². The molecule has 10 atom stereocenters. The highest BCUT2D eigenvalue weighted by Crippen LogP contribution is 1.92. The smallest absolute Gasteiger partial charge is 0.330 e. The van der Waals surface area contributed by atoms with E-state index in [-0.39, 0.29) is 29.9 Å². The maximum atomic E-state index is 9.60. The van der Waals surface area contributed by atoms with E-state index in [1.165, 1.54) is 20.8 Å². The maximum Gasteiger partial charge on any atom is 0.330 e. The molecular formula is C47H94O36. The van der Waals surface area contributed by atoms with Gasteiger partial charge in [0, 0.05) is 34.9 Å². The van der Waals surface area contributed by atoms with Crippen LogP contribution < -0.4 is 0 Å². The van der Waals surface area contributed by atoms with Gasteiger partial charge in [-0.3, -0.25) is 0 Å². The minimum absolute atomic E-state index is 0.0417. The fourth-order valence-electron chi connectivity index (χ4n) is 1.67. The molecule has 36 heteroatoms. The van der Waals surface area contributed by atoms with E-state index in [0.717, 1.165) is 18.2 Å². The standard InChI is InChI=1S/C6H14O4.5C4H10O4.3C4H6O2.3C3H4O2/c7-1-3-9-5-6-10-4-2-8;5*5-1-3(7)4(8)2-6;3*1-3(2)4(5)6;3*1-2-3(4)5/h7-8H,1-6H2;5*3-8H,1-2H2;3*1H2,2H3,(H,5,6);3*2H,1H2,(H,4,5)/t;5*3-,4+;;;;;;. The van der Waals surface area contributed by atoms with Crippen molar-refractivity contribution in [2.24, 2.45) is 0 Å². The largest absolute Gasteiger partial charge is 0.478 e. The summed E-state index contributed by atoms with van der Waals surface area (Å²) < 4.78 is 9.75. The van der Waals surface area contributed by atoms with E-state index >= 15 is 0 Å².